The van der Waals surface area contributed by atoms with Crippen LogP contribution < -0.4 is 0 Å². The molecular formula is C58H112O6. The third kappa shape index (κ3) is 48.3. The van der Waals surface area contributed by atoms with Crippen molar-refractivity contribution in [3.8, 4) is 0 Å². The molecule has 0 radical (unpaired) electrons. The lowest BCUT2D eigenvalue weighted by molar-refractivity contribution is -0.167. The first kappa shape index (κ1) is 62.4. The summed E-state index contributed by atoms with van der Waals surface area (Å²) < 4.78 is 16.9. The summed E-state index contributed by atoms with van der Waals surface area (Å²) in [6.07, 6.45) is 50.8. The van der Waals surface area contributed by atoms with E-state index >= 15 is 0 Å². The minimum atomic E-state index is -0.764. The molecule has 0 fully saturated rings. The lowest BCUT2D eigenvalue weighted by Crippen LogP contribution is -2.30. The quantitative estimate of drug-likeness (QED) is 0.0344. The zero-order valence-electron chi connectivity index (χ0n) is 44.1. The van der Waals surface area contributed by atoms with E-state index in [-0.39, 0.29) is 31.1 Å². The summed E-state index contributed by atoms with van der Waals surface area (Å²) in [6.45, 7) is 13.8. The highest BCUT2D eigenvalue weighted by Gasteiger charge is 2.19. The minimum Gasteiger partial charge on any atom is -0.462 e. The van der Waals surface area contributed by atoms with Gasteiger partial charge in [0.15, 0.2) is 6.10 Å². The molecule has 0 aromatic carbocycles. The van der Waals surface area contributed by atoms with E-state index < -0.39 is 6.10 Å². The van der Waals surface area contributed by atoms with E-state index in [1.165, 1.54) is 199 Å². The molecule has 0 rings (SSSR count). The van der Waals surface area contributed by atoms with Crippen molar-refractivity contribution in [2.75, 3.05) is 13.2 Å². The largest absolute Gasteiger partial charge is 0.462 e. The second-order valence-electron chi connectivity index (χ2n) is 20.9. The number of hydrogen-bond donors (Lipinski definition) is 0. The molecule has 2 unspecified atom stereocenters. The van der Waals surface area contributed by atoms with Crippen LogP contribution in [-0.4, -0.2) is 37.2 Å². The summed E-state index contributed by atoms with van der Waals surface area (Å²) in [5.41, 5.74) is 0. The van der Waals surface area contributed by atoms with Crippen LogP contribution in [0.5, 0.6) is 0 Å². The van der Waals surface area contributed by atoms with Gasteiger partial charge in [0, 0.05) is 19.3 Å². The molecule has 6 heteroatoms. The molecule has 0 spiro atoms. The highest BCUT2D eigenvalue weighted by Crippen LogP contribution is 2.19. The second-order valence-corrected chi connectivity index (χ2v) is 20.9. The lowest BCUT2D eigenvalue weighted by atomic mass is 9.99. The van der Waals surface area contributed by atoms with Crippen LogP contribution in [-0.2, 0) is 28.6 Å². The van der Waals surface area contributed by atoms with Gasteiger partial charge in [-0.25, -0.2) is 0 Å². The minimum absolute atomic E-state index is 0.0638. The van der Waals surface area contributed by atoms with Crippen LogP contribution in [0.3, 0.4) is 0 Å². The zero-order valence-corrected chi connectivity index (χ0v) is 44.1. The molecule has 0 aromatic rings. The molecule has 0 amide bonds. The van der Waals surface area contributed by atoms with Crippen LogP contribution in [0.1, 0.15) is 318 Å². The second kappa shape index (κ2) is 49.3. The fourth-order valence-electron chi connectivity index (χ4n) is 8.76. The third-order valence-corrected chi connectivity index (χ3v) is 13.9. The van der Waals surface area contributed by atoms with Crippen LogP contribution in [0.15, 0.2) is 0 Å². The maximum Gasteiger partial charge on any atom is 0.306 e. The van der Waals surface area contributed by atoms with E-state index in [0.29, 0.717) is 19.3 Å². The summed E-state index contributed by atoms with van der Waals surface area (Å²) >= 11 is 0. The van der Waals surface area contributed by atoms with Crippen molar-refractivity contribution in [1.82, 2.24) is 0 Å². The molecule has 0 aliphatic carbocycles. The molecule has 380 valence electrons. The van der Waals surface area contributed by atoms with E-state index in [1.807, 2.05) is 0 Å². The van der Waals surface area contributed by atoms with Gasteiger partial charge in [-0.3, -0.25) is 14.4 Å². The Morgan fingerprint density at radius 1 is 0.312 bits per heavy atom. The summed E-state index contributed by atoms with van der Waals surface area (Å²) in [7, 11) is 0. The highest BCUT2D eigenvalue weighted by atomic mass is 16.6. The van der Waals surface area contributed by atoms with Crippen LogP contribution in [0, 0.1) is 17.8 Å². The Labute approximate surface area is 399 Å². The average molecular weight is 906 g/mol. The standard InChI is InChI=1S/C58H112O6/c1-7-53(5)45-39-33-27-21-15-11-9-10-12-16-23-29-35-41-47-56(59)62-50-55(64-58(61)49-43-37-31-25-19-18-22-28-34-40-46-54(6)8-2)51-63-57(60)48-42-36-30-24-17-13-14-20-26-32-38-44-52(3)4/h52-55H,7-51H2,1-6H3/t53?,54?,55-/m0/s1. The topological polar surface area (TPSA) is 78.9 Å². The van der Waals surface area contributed by atoms with E-state index in [1.54, 1.807) is 0 Å². The molecule has 0 aromatic heterocycles. The summed E-state index contributed by atoms with van der Waals surface area (Å²) in [5, 5.41) is 0. The fourth-order valence-corrected chi connectivity index (χ4v) is 8.76. The molecule has 0 saturated carbocycles. The van der Waals surface area contributed by atoms with Crippen molar-refractivity contribution in [3.05, 3.63) is 0 Å². The van der Waals surface area contributed by atoms with Crippen molar-refractivity contribution in [2.45, 2.75) is 324 Å². The monoisotopic (exact) mass is 905 g/mol. The van der Waals surface area contributed by atoms with Crippen LogP contribution in [0.4, 0.5) is 0 Å². The van der Waals surface area contributed by atoms with Gasteiger partial charge in [0.2, 0.25) is 0 Å². The summed E-state index contributed by atoms with van der Waals surface area (Å²) in [6, 6.07) is 0. The number of carbonyl (C=O) groups is 3. The van der Waals surface area contributed by atoms with Crippen molar-refractivity contribution in [2.24, 2.45) is 17.8 Å². The molecule has 3 atom stereocenters. The number of hydrogen-bond acceptors (Lipinski definition) is 6. The maximum absolute atomic E-state index is 12.8. The molecule has 6 nitrogen and oxygen atoms in total. The van der Waals surface area contributed by atoms with Gasteiger partial charge in [-0.1, -0.05) is 279 Å². The van der Waals surface area contributed by atoms with Gasteiger partial charge in [0.25, 0.3) is 0 Å². The van der Waals surface area contributed by atoms with Gasteiger partial charge < -0.3 is 14.2 Å². The van der Waals surface area contributed by atoms with Gasteiger partial charge in [0.05, 0.1) is 0 Å². The molecule has 0 N–H and O–H groups in total. The smallest absolute Gasteiger partial charge is 0.306 e. The van der Waals surface area contributed by atoms with Crippen LogP contribution in [0.25, 0.3) is 0 Å². The summed E-state index contributed by atoms with van der Waals surface area (Å²) in [4.78, 5) is 38.1. The molecule has 64 heavy (non-hydrogen) atoms. The first-order valence-corrected chi connectivity index (χ1v) is 28.7. The Kier molecular flexibility index (Phi) is 48.1. The Balaban J connectivity index is 4.31. The summed E-state index contributed by atoms with van der Waals surface area (Å²) in [5.74, 6) is 1.74. The van der Waals surface area contributed by atoms with Gasteiger partial charge in [-0.15, -0.1) is 0 Å². The molecule has 0 bridgehead atoms. The predicted molar refractivity (Wildman–Crippen MR) is 275 cm³/mol. The number of unbranched alkanes of at least 4 members (excludes halogenated alkanes) is 32. The molecule has 0 saturated heterocycles. The highest BCUT2D eigenvalue weighted by molar-refractivity contribution is 5.71. The van der Waals surface area contributed by atoms with Gasteiger partial charge >= 0.3 is 17.9 Å². The Bertz CT molecular complexity index is 995. The fraction of sp³-hybridized carbons (Fsp3) is 0.948. The normalized spacial score (nSPS) is 13.0. The Morgan fingerprint density at radius 2 is 0.547 bits per heavy atom. The Morgan fingerprint density at radius 3 is 0.812 bits per heavy atom. The van der Waals surface area contributed by atoms with Gasteiger partial charge in [-0.2, -0.15) is 0 Å². The van der Waals surface area contributed by atoms with Crippen molar-refractivity contribution >= 4 is 17.9 Å². The van der Waals surface area contributed by atoms with Gasteiger partial charge in [0.1, 0.15) is 13.2 Å². The third-order valence-electron chi connectivity index (χ3n) is 13.9. The molecule has 0 aliphatic rings. The maximum atomic E-state index is 12.8. The first-order chi connectivity index (χ1) is 31.2. The molecular weight excluding hydrogens is 793 g/mol. The number of rotatable bonds is 51. The number of carbonyl (C=O) groups excluding carboxylic acids is 3. The van der Waals surface area contributed by atoms with Gasteiger partial charge in [-0.05, 0) is 37.0 Å². The van der Waals surface area contributed by atoms with Crippen molar-refractivity contribution in [3.63, 3.8) is 0 Å². The van der Waals surface area contributed by atoms with Crippen LogP contribution in [0.2, 0.25) is 0 Å². The van der Waals surface area contributed by atoms with E-state index in [9.17, 15) is 14.4 Å². The number of esters is 3. The lowest BCUT2D eigenvalue weighted by Gasteiger charge is -2.18. The zero-order chi connectivity index (χ0) is 47.0. The molecule has 0 heterocycles. The van der Waals surface area contributed by atoms with Crippen molar-refractivity contribution in [1.29, 1.82) is 0 Å². The predicted octanol–water partition coefficient (Wildman–Crippen LogP) is 18.7. The van der Waals surface area contributed by atoms with E-state index in [0.717, 1.165) is 75.5 Å². The number of ether oxygens (including phenoxy) is 3. The SMILES string of the molecule is CCC(C)CCCCCCCCCCCCCCCCC(=O)OC[C@@H](COC(=O)CCCCCCCCCCCCCC(C)C)OC(=O)CCCCCCCCCCCCC(C)CC. The Hall–Kier alpha value is -1.59. The van der Waals surface area contributed by atoms with E-state index in [2.05, 4.69) is 41.5 Å². The van der Waals surface area contributed by atoms with Crippen molar-refractivity contribution < 1.29 is 28.6 Å². The first-order valence-electron chi connectivity index (χ1n) is 28.7. The molecule has 0 aliphatic heterocycles. The average Bonchev–Trinajstić information content (AvgIpc) is 3.28. The van der Waals surface area contributed by atoms with E-state index in [4.69, 9.17) is 14.2 Å². The van der Waals surface area contributed by atoms with Crippen LogP contribution >= 0.6 is 0 Å².